The smallest absolute Gasteiger partial charge is 0.262 e. The lowest BCUT2D eigenvalue weighted by Gasteiger charge is -2.13. The summed E-state index contributed by atoms with van der Waals surface area (Å²) in [6.07, 6.45) is 1.14. The molecule has 0 atom stereocenters. The molecule has 0 radical (unpaired) electrons. The summed E-state index contributed by atoms with van der Waals surface area (Å²) in [5.74, 6) is 0. The predicted molar refractivity (Wildman–Crippen MR) is 108 cm³/mol. The quantitative estimate of drug-likeness (QED) is 0.469. The average molecular weight is 444 g/mol. The molecule has 1 aromatic heterocycles. The molecule has 0 fully saturated rings. The highest BCUT2D eigenvalue weighted by atomic mass is 35.5. The normalized spacial score (nSPS) is 13.4. The van der Waals surface area contributed by atoms with Gasteiger partial charge in [0.25, 0.3) is 0 Å². The van der Waals surface area contributed by atoms with E-state index in [9.17, 15) is 13.2 Å². The molecule has 0 spiro atoms. The topological polar surface area (TPSA) is 17.8 Å². The summed E-state index contributed by atoms with van der Waals surface area (Å²) >= 11 is 18.6. The van der Waals surface area contributed by atoms with E-state index < -0.39 is 23.8 Å². The Bertz CT molecular complexity index is 940. The number of benzene rings is 1. The minimum absolute atomic E-state index is 0.0464. The lowest BCUT2D eigenvalue weighted by molar-refractivity contribution is -0.143. The molecule has 0 bridgehead atoms. The number of alkyl halides is 3. The summed E-state index contributed by atoms with van der Waals surface area (Å²) in [5, 5.41) is 3.95. The molecule has 142 valence electrons. The molecule has 0 aliphatic carbocycles. The van der Waals surface area contributed by atoms with E-state index in [1.54, 1.807) is 25.1 Å². The van der Waals surface area contributed by atoms with Crippen molar-refractivity contribution < 1.29 is 13.2 Å². The zero-order valence-corrected chi connectivity index (χ0v) is 17.7. The second-order valence-electron chi connectivity index (χ2n) is 6.47. The zero-order valence-electron chi connectivity index (χ0n) is 14.5. The van der Waals surface area contributed by atoms with Crippen LogP contribution in [0, 0.1) is 6.92 Å². The monoisotopic (exact) mass is 442 g/mol. The van der Waals surface area contributed by atoms with Crippen LogP contribution in [0.5, 0.6) is 0 Å². The van der Waals surface area contributed by atoms with Crippen LogP contribution in [-0.4, -0.2) is 29.4 Å². The van der Waals surface area contributed by atoms with Gasteiger partial charge in [-0.15, -0.1) is 0 Å². The summed E-state index contributed by atoms with van der Waals surface area (Å²) < 4.78 is 40.9. The number of nitrogens with zero attached hydrogens (tertiary/aromatic N) is 2. The van der Waals surface area contributed by atoms with Gasteiger partial charge in [-0.2, -0.15) is 18.3 Å². The summed E-state index contributed by atoms with van der Waals surface area (Å²) in [4.78, 5) is 0. The van der Waals surface area contributed by atoms with E-state index in [1.807, 2.05) is 13.3 Å². The van der Waals surface area contributed by atoms with Gasteiger partial charge in [0, 0.05) is 22.4 Å². The Morgan fingerprint density at radius 1 is 1.27 bits per heavy atom. The Morgan fingerprint density at radius 2 is 1.85 bits per heavy atom. The number of hydrogen-bond donors (Lipinski definition) is 0. The summed E-state index contributed by atoms with van der Waals surface area (Å²) in [6.45, 7) is 3.92. The van der Waals surface area contributed by atoms with E-state index in [-0.39, 0.29) is 5.69 Å². The van der Waals surface area contributed by atoms with Crippen molar-refractivity contribution in [3.63, 3.8) is 0 Å². The molecule has 9 heteroatoms. The minimum atomic E-state index is -4.61. The van der Waals surface area contributed by atoms with Gasteiger partial charge < -0.3 is 0 Å². The fourth-order valence-corrected chi connectivity index (χ4v) is 3.58. The maximum Gasteiger partial charge on any atom is 0.434 e. The first kappa shape index (κ1) is 21.4. The van der Waals surface area contributed by atoms with Gasteiger partial charge in [-0.25, -0.2) is 0 Å². The average Bonchev–Trinajstić information content (AvgIpc) is 2.75. The molecule has 0 unspecified atom stereocenters. The molecule has 0 amide bonds. The van der Waals surface area contributed by atoms with Crippen LogP contribution in [0.15, 0.2) is 16.9 Å². The molecule has 1 aromatic carbocycles. The van der Waals surface area contributed by atoms with Crippen molar-refractivity contribution in [2.24, 2.45) is 7.05 Å². The lowest BCUT2D eigenvalue weighted by Crippen LogP contribution is -2.12. The molecule has 2 nitrogen and oxygen atoms in total. The van der Waals surface area contributed by atoms with E-state index >= 15 is 0 Å². The Labute approximate surface area is 165 Å². The number of aryl methyl sites for hydroxylation is 2. The van der Waals surface area contributed by atoms with E-state index in [2.05, 4.69) is 11.4 Å². The molecule has 0 N–H and O–H groups in total. The third-order valence-corrected chi connectivity index (χ3v) is 7.16. The van der Waals surface area contributed by atoms with E-state index in [0.717, 1.165) is 4.68 Å². The molecule has 0 aliphatic heterocycles. The molecular formula is C17H17Cl3F3N2P. The van der Waals surface area contributed by atoms with Gasteiger partial charge in [-0.3, -0.25) is 4.68 Å². The largest absolute Gasteiger partial charge is 0.434 e. The first-order valence-corrected chi connectivity index (χ1v) is 11.4. The molecule has 0 saturated heterocycles. The molecule has 2 rings (SSSR count). The zero-order chi connectivity index (χ0) is 20.0. The van der Waals surface area contributed by atoms with Gasteiger partial charge in [0.15, 0.2) is 5.69 Å². The number of rotatable bonds is 3. The van der Waals surface area contributed by atoms with Crippen molar-refractivity contribution in [1.82, 2.24) is 9.78 Å². The lowest BCUT2D eigenvalue weighted by atomic mass is 10.0. The van der Waals surface area contributed by atoms with Gasteiger partial charge in [0.2, 0.25) is 0 Å². The Morgan fingerprint density at radius 3 is 2.31 bits per heavy atom. The second-order valence-corrected chi connectivity index (χ2v) is 11.8. The summed E-state index contributed by atoms with van der Waals surface area (Å²) in [6, 6.07) is 3.30. The van der Waals surface area contributed by atoms with Crippen LogP contribution < -0.4 is 0 Å². The SMILES string of the molecule is C=P(C)(C)/C(Cl)=C/c1cc(-c2nn(C)c(C(F)(F)F)c2Cl)c(C)cc1Cl. The highest BCUT2D eigenvalue weighted by Gasteiger charge is 2.39. The molecular weight excluding hydrogens is 427 g/mol. The van der Waals surface area contributed by atoms with E-state index in [1.165, 1.54) is 7.05 Å². The minimum Gasteiger partial charge on any atom is -0.262 e. The van der Waals surface area contributed by atoms with E-state index in [4.69, 9.17) is 34.8 Å². The standard InChI is InChI=1S/C17H17Cl3F3N2P/c1-9-6-12(18)10(8-13(19)26(3,4)5)7-11(9)15-14(20)16(17(21,22)23)25(2)24-15/h6-8H,3H2,1-2,4-5H3/b13-8+. The molecule has 26 heavy (non-hydrogen) atoms. The maximum atomic E-state index is 13.2. The van der Waals surface area contributed by atoms with Gasteiger partial charge in [-0.1, -0.05) is 48.0 Å². The number of aromatic nitrogens is 2. The Balaban J connectivity index is 2.70. The maximum absolute atomic E-state index is 13.2. The molecule has 0 aliphatic rings. The second kappa shape index (κ2) is 7.27. The summed E-state index contributed by atoms with van der Waals surface area (Å²) in [5.41, 5.74) is 0.736. The molecule has 2 aromatic rings. The Kier molecular flexibility index (Phi) is 5.99. The van der Waals surface area contributed by atoms with Crippen LogP contribution in [0.3, 0.4) is 0 Å². The number of halogens is 6. The van der Waals surface area contributed by atoms with Gasteiger partial charge in [0.05, 0.1) is 5.02 Å². The third-order valence-electron chi connectivity index (χ3n) is 3.71. The van der Waals surface area contributed by atoms with Gasteiger partial charge in [-0.05, 0) is 49.6 Å². The fourth-order valence-electron chi connectivity index (χ4n) is 2.34. The van der Waals surface area contributed by atoms with Crippen molar-refractivity contribution in [3.05, 3.63) is 43.8 Å². The molecule has 0 saturated carbocycles. The van der Waals surface area contributed by atoms with Gasteiger partial charge in [0.1, 0.15) is 5.69 Å². The first-order chi connectivity index (χ1) is 11.7. The van der Waals surface area contributed by atoms with Crippen LogP contribution >= 0.6 is 41.7 Å². The molecule has 1 heterocycles. The predicted octanol–water partition coefficient (Wildman–Crippen LogP) is 6.97. The third kappa shape index (κ3) is 4.33. The first-order valence-electron chi connectivity index (χ1n) is 7.39. The van der Waals surface area contributed by atoms with Crippen molar-refractivity contribution in [2.75, 3.05) is 13.3 Å². The van der Waals surface area contributed by atoms with Crippen molar-refractivity contribution in [2.45, 2.75) is 13.1 Å². The van der Waals surface area contributed by atoms with Crippen molar-refractivity contribution in [3.8, 4) is 11.3 Å². The van der Waals surface area contributed by atoms with Crippen LogP contribution in [0.2, 0.25) is 10.0 Å². The van der Waals surface area contributed by atoms with Gasteiger partial charge >= 0.3 is 6.18 Å². The number of hydrogen-bond acceptors (Lipinski definition) is 1. The van der Waals surface area contributed by atoms with E-state index in [0.29, 0.717) is 26.5 Å². The van der Waals surface area contributed by atoms with Crippen LogP contribution in [0.25, 0.3) is 17.3 Å². The van der Waals surface area contributed by atoms with Crippen LogP contribution in [-0.2, 0) is 13.2 Å². The van der Waals surface area contributed by atoms with Crippen LogP contribution in [0.1, 0.15) is 16.8 Å². The van der Waals surface area contributed by atoms with Crippen LogP contribution in [0.4, 0.5) is 13.2 Å². The Hall–Kier alpha value is -0.870. The van der Waals surface area contributed by atoms with Crippen molar-refractivity contribution >= 4 is 54.1 Å². The highest BCUT2D eigenvalue weighted by Crippen LogP contribution is 2.49. The fraction of sp³-hybridized carbons (Fsp3) is 0.294. The summed E-state index contributed by atoms with van der Waals surface area (Å²) in [7, 11) is 1.21. The van der Waals surface area contributed by atoms with Crippen molar-refractivity contribution in [1.29, 1.82) is 0 Å². The highest BCUT2D eigenvalue weighted by molar-refractivity contribution is 7.78.